The van der Waals surface area contributed by atoms with Gasteiger partial charge in [0.2, 0.25) is 0 Å². The second-order valence-electron chi connectivity index (χ2n) is 4.98. The number of aromatic carboxylic acids is 1. The van der Waals surface area contributed by atoms with Gasteiger partial charge in [0, 0.05) is 5.69 Å². The number of rotatable bonds is 4. The molecule has 0 aromatic heterocycles. The number of hydrogen-bond acceptors (Lipinski definition) is 4. The number of anilines is 2. The lowest BCUT2D eigenvalue weighted by molar-refractivity contribution is -0.120. The van der Waals surface area contributed by atoms with E-state index < -0.39 is 17.8 Å². The van der Waals surface area contributed by atoms with Crippen LogP contribution in [0.4, 0.5) is 11.4 Å². The molecule has 1 heterocycles. The van der Waals surface area contributed by atoms with E-state index in [9.17, 15) is 14.4 Å². The van der Waals surface area contributed by atoms with Crippen molar-refractivity contribution in [2.24, 2.45) is 0 Å². The first-order valence-electron chi connectivity index (χ1n) is 6.93. The lowest BCUT2D eigenvalue weighted by atomic mass is 10.2. The van der Waals surface area contributed by atoms with Crippen molar-refractivity contribution in [1.82, 2.24) is 0 Å². The van der Waals surface area contributed by atoms with Crippen LogP contribution in [0.25, 0.3) is 0 Å². The van der Waals surface area contributed by atoms with Crippen molar-refractivity contribution >= 4 is 40.8 Å². The normalized spacial score (nSPS) is 14.3. The van der Waals surface area contributed by atoms with Crippen LogP contribution in [0.1, 0.15) is 10.4 Å². The number of carbonyl (C=O) groups excluding carboxylic acids is 2. The van der Waals surface area contributed by atoms with Crippen LogP contribution >= 0.6 is 11.6 Å². The van der Waals surface area contributed by atoms with Gasteiger partial charge in [0.1, 0.15) is 10.7 Å². The maximum atomic E-state index is 12.5. The summed E-state index contributed by atoms with van der Waals surface area (Å²) in [6.45, 7) is 0. The van der Waals surface area contributed by atoms with Crippen LogP contribution in [0.15, 0.2) is 65.3 Å². The smallest absolute Gasteiger partial charge is 0.335 e. The minimum atomic E-state index is -1.10. The predicted octanol–water partition coefficient (Wildman–Crippen LogP) is 2.82. The fourth-order valence-electron chi connectivity index (χ4n) is 2.30. The Labute approximate surface area is 142 Å². The van der Waals surface area contributed by atoms with E-state index in [1.807, 2.05) is 0 Å². The van der Waals surface area contributed by atoms with Crippen molar-refractivity contribution in [2.75, 3.05) is 10.2 Å². The average molecular weight is 343 g/mol. The number of imide groups is 1. The third-order valence-corrected chi connectivity index (χ3v) is 3.77. The van der Waals surface area contributed by atoms with Crippen LogP contribution in [-0.2, 0) is 9.59 Å². The number of carboxylic acids is 1. The van der Waals surface area contributed by atoms with Crippen LogP contribution in [0.3, 0.4) is 0 Å². The van der Waals surface area contributed by atoms with E-state index >= 15 is 0 Å². The lowest BCUT2D eigenvalue weighted by Crippen LogP contribution is -2.32. The highest BCUT2D eigenvalue weighted by Gasteiger charge is 2.38. The van der Waals surface area contributed by atoms with Gasteiger partial charge in [-0.25, -0.2) is 9.69 Å². The van der Waals surface area contributed by atoms with Crippen molar-refractivity contribution in [2.45, 2.75) is 0 Å². The van der Waals surface area contributed by atoms with Crippen LogP contribution in [0, 0.1) is 0 Å². The van der Waals surface area contributed by atoms with E-state index in [-0.39, 0.29) is 16.3 Å². The van der Waals surface area contributed by atoms with Gasteiger partial charge in [0.05, 0.1) is 11.3 Å². The standard InChI is InChI=1S/C17H11ClN2O4/c18-13-14(19-11-6-4-5-10(9-11)17(23)24)16(22)20(15(13)21)12-7-2-1-3-8-12/h1-9,19H,(H,23,24). The number of halogens is 1. The summed E-state index contributed by atoms with van der Waals surface area (Å²) in [5.41, 5.74) is 0.710. The number of nitrogens with one attached hydrogen (secondary N) is 1. The maximum absolute atomic E-state index is 12.5. The molecule has 1 aliphatic rings. The fourth-order valence-corrected chi connectivity index (χ4v) is 2.51. The molecule has 2 amide bonds. The number of nitrogens with zero attached hydrogens (tertiary/aromatic N) is 1. The first-order chi connectivity index (χ1) is 11.5. The van der Waals surface area contributed by atoms with E-state index in [1.165, 1.54) is 18.2 Å². The van der Waals surface area contributed by atoms with Gasteiger partial charge in [-0.3, -0.25) is 9.59 Å². The van der Waals surface area contributed by atoms with Crippen molar-refractivity contribution in [3.05, 3.63) is 70.9 Å². The molecule has 6 nitrogen and oxygen atoms in total. The van der Waals surface area contributed by atoms with E-state index in [4.69, 9.17) is 16.7 Å². The Balaban J connectivity index is 1.91. The minimum absolute atomic E-state index is 0.0495. The molecule has 24 heavy (non-hydrogen) atoms. The fraction of sp³-hybridized carbons (Fsp3) is 0. The van der Waals surface area contributed by atoms with E-state index in [2.05, 4.69) is 5.32 Å². The van der Waals surface area contributed by atoms with Gasteiger partial charge >= 0.3 is 5.97 Å². The molecular weight excluding hydrogens is 332 g/mol. The Kier molecular flexibility index (Phi) is 4.05. The summed E-state index contributed by atoms with van der Waals surface area (Å²) in [5, 5.41) is 11.5. The summed E-state index contributed by atoms with van der Waals surface area (Å²) in [6.07, 6.45) is 0. The quantitative estimate of drug-likeness (QED) is 0.834. The summed E-state index contributed by atoms with van der Waals surface area (Å²) in [4.78, 5) is 36.8. The zero-order valence-corrected chi connectivity index (χ0v) is 12.9. The monoisotopic (exact) mass is 342 g/mol. The van der Waals surface area contributed by atoms with Crippen LogP contribution in [-0.4, -0.2) is 22.9 Å². The molecule has 7 heteroatoms. The highest BCUT2D eigenvalue weighted by molar-refractivity contribution is 6.53. The topological polar surface area (TPSA) is 86.7 Å². The van der Waals surface area contributed by atoms with Gasteiger partial charge in [-0.2, -0.15) is 0 Å². The van der Waals surface area contributed by atoms with E-state index in [0.717, 1.165) is 4.90 Å². The molecule has 0 unspecified atom stereocenters. The number of amides is 2. The number of carboxylic acid groups (broad SMARTS) is 1. The predicted molar refractivity (Wildman–Crippen MR) is 88.8 cm³/mol. The molecule has 0 radical (unpaired) electrons. The second kappa shape index (κ2) is 6.17. The third kappa shape index (κ3) is 2.75. The third-order valence-electron chi connectivity index (χ3n) is 3.42. The molecule has 0 saturated heterocycles. The molecule has 0 aliphatic carbocycles. The molecule has 0 spiro atoms. The van der Waals surface area contributed by atoms with Crippen LogP contribution in [0.2, 0.25) is 0 Å². The van der Waals surface area contributed by atoms with Crippen LogP contribution < -0.4 is 10.2 Å². The van der Waals surface area contributed by atoms with Crippen molar-refractivity contribution in [1.29, 1.82) is 0 Å². The first-order valence-corrected chi connectivity index (χ1v) is 7.31. The second-order valence-corrected chi connectivity index (χ2v) is 5.36. The lowest BCUT2D eigenvalue weighted by Gasteiger charge is -2.14. The van der Waals surface area contributed by atoms with Gasteiger partial charge in [-0.05, 0) is 30.3 Å². The van der Waals surface area contributed by atoms with Crippen molar-refractivity contribution < 1.29 is 19.5 Å². The number of hydrogen-bond donors (Lipinski definition) is 2. The number of benzene rings is 2. The van der Waals surface area contributed by atoms with Gasteiger partial charge in [-0.15, -0.1) is 0 Å². The summed E-state index contributed by atoms with van der Waals surface area (Å²) in [5.74, 6) is -2.33. The van der Waals surface area contributed by atoms with Gasteiger partial charge in [0.15, 0.2) is 0 Å². The van der Waals surface area contributed by atoms with Crippen molar-refractivity contribution in [3.63, 3.8) is 0 Å². The van der Waals surface area contributed by atoms with Gasteiger partial charge in [-0.1, -0.05) is 35.9 Å². The summed E-state index contributed by atoms with van der Waals surface area (Å²) in [6, 6.07) is 14.3. The molecular formula is C17H11ClN2O4. The molecule has 3 rings (SSSR count). The molecule has 2 N–H and O–H groups in total. The Morgan fingerprint density at radius 2 is 1.71 bits per heavy atom. The molecule has 2 aromatic carbocycles. The SMILES string of the molecule is O=C(O)c1cccc(NC2=C(Cl)C(=O)N(c3ccccc3)C2=O)c1. The highest BCUT2D eigenvalue weighted by atomic mass is 35.5. The zero-order valence-electron chi connectivity index (χ0n) is 12.2. The molecule has 0 atom stereocenters. The maximum Gasteiger partial charge on any atom is 0.335 e. The molecule has 120 valence electrons. The average Bonchev–Trinajstić information content (AvgIpc) is 2.79. The minimum Gasteiger partial charge on any atom is -0.478 e. The van der Waals surface area contributed by atoms with E-state index in [0.29, 0.717) is 11.4 Å². The summed E-state index contributed by atoms with van der Waals surface area (Å²) in [7, 11) is 0. The Morgan fingerprint density at radius 3 is 2.38 bits per heavy atom. The van der Waals surface area contributed by atoms with Gasteiger partial charge < -0.3 is 10.4 Å². The summed E-state index contributed by atoms with van der Waals surface area (Å²) < 4.78 is 0. The zero-order chi connectivity index (χ0) is 17.3. The largest absolute Gasteiger partial charge is 0.478 e. The number of carbonyl (C=O) groups is 3. The first kappa shape index (κ1) is 15.8. The van der Waals surface area contributed by atoms with E-state index in [1.54, 1.807) is 36.4 Å². The van der Waals surface area contributed by atoms with Crippen LogP contribution in [0.5, 0.6) is 0 Å². The highest BCUT2D eigenvalue weighted by Crippen LogP contribution is 2.30. The molecule has 2 aromatic rings. The molecule has 0 fully saturated rings. The Morgan fingerprint density at radius 1 is 1.00 bits per heavy atom. The molecule has 0 saturated carbocycles. The Bertz CT molecular complexity index is 877. The number of para-hydroxylation sites is 1. The molecule has 0 bridgehead atoms. The molecule has 1 aliphatic heterocycles. The van der Waals surface area contributed by atoms with Gasteiger partial charge in [0.25, 0.3) is 11.8 Å². The summed E-state index contributed by atoms with van der Waals surface area (Å²) >= 11 is 6.01. The van der Waals surface area contributed by atoms with Crippen molar-refractivity contribution in [3.8, 4) is 0 Å². The Hall–Kier alpha value is -3.12.